The highest BCUT2D eigenvalue weighted by Gasteiger charge is 2.26. The number of nitrogens with zero attached hydrogens (tertiary/aromatic N) is 2. The fourth-order valence-corrected chi connectivity index (χ4v) is 2.83. The number of rotatable bonds is 5. The van der Waals surface area contributed by atoms with Gasteiger partial charge in [0.25, 0.3) is 5.69 Å². The van der Waals surface area contributed by atoms with E-state index in [0.29, 0.717) is 37.9 Å². The number of piperidine rings is 1. The molecule has 24 heavy (non-hydrogen) atoms. The first kappa shape index (κ1) is 18.0. The Morgan fingerprint density at radius 2 is 2.04 bits per heavy atom. The first-order chi connectivity index (χ1) is 11.4. The van der Waals surface area contributed by atoms with E-state index in [9.17, 15) is 19.7 Å². The van der Waals surface area contributed by atoms with E-state index in [-0.39, 0.29) is 23.3 Å². The number of halogens is 1. The van der Waals surface area contributed by atoms with E-state index in [2.05, 4.69) is 5.32 Å². The fourth-order valence-electron chi connectivity index (χ4n) is 2.66. The molecule has 2 N–H and O–H groups in total. The highest BCUT2D eigenvalue weighted by Crippen LogP contribution is 2.23. The van der Waals surface area contributed by atoms with Crippen LogP contribution in [0.1, 0.15) is 18.4 Å². The Hall–Kier alpha value is -2.35. The molecular formula is C15H18ClN3O5. The van der Waals surface area contributed by atoms with Crippen molar-refractivity contribution in [2.45, 2.75) is 19.3 Å². The Balaban J connectivity index is 1.83. The van der Waals surface area contributed by atoms with Gasteiger partial charge in [-0.3, -0.25) is 14.9 Å². The van der Waals surface area contributed by atoms with Gasteiger partial charge in [-0.2, -0.15) is 0 Å². The lowest BCUT2D eigenvalue weighted by atomic mass is 9.97. The lowest BCUT2D eigenvalue weighted by Gasteiger charge is -2.30. The molecule has 1 fully saturated rings. The van der Waals surface area contributed by atoms with Crippen LogP contribution in [0, 0.1) is 16.0 Å². The second kappa shape index (κ2) is 7.96. The number of urea groups is 1. The summed E-state index contributed by atoms with van der Waals surface area (Å²) < 4.78 is 0. The van der Waals surface area contributed by atoms with E-state index in [1.165, 1.54) is 6.07 Å². The average molecular weight is 356 g/mol. The largest absolute Gasteiger partial charge is 0.481 e. The van der Waals surface area contributed by atoms with Crippen LogP contribution >= 0.6 is 11.6 Å². The number of likely N-dealkylation sites (tertiary alicyclic amines) is 1. The number of amides is 2. The van der Waals surface area contributed by atoms with Crippen molar-refractivity contribution in [3.05, 3.63) is 38.9 Å². The Morgan fingerprint density at radius 3 is 2.62 bits per heavy atom. The summed E-state index contributed by atoms with van der Waals surface area (Å²) in [4.78, 5) is 35.0. The van der Waals surface area contributed by atoms with Gasteiger partial charge < -0.3 is 15.3 Å². The minimum absolute atomic E-state index is 0.0704. The van der Waals surface area contributed by atoms with Crippen molar-refractivity contribution < 1.29 is 19.6 Å². The monoisotopic (exact) mass is 355 g/mol. The number of hydrogen-bond donors (Lipinski definition) is 2. The van der Waals surface area contributed by atoms with Gasteiger partial charge in [0.2, 0.25) is 0 Å². The number of aliphatic carboxylic acids is 1. The minimum atomic E-state index is -0.829. The van der Waals surface area contributed by atoms with Crippen molar-refractivity contribution >= 4 is 29.3 Å². The molecule has 1 aromatic carbocycles. The number of carboxylic acid groups (broad SMARTS) is 1. The van der Waals surface area contributed by atoms with Gasteiger partial charge in [-0.25, -0.2) is 4.79 Å². The summed E-state index contributed by atoms with van der Waals surface area (Å²) in [6, 6.07) is 4.15. The molecule has 1 aliphatic rings. The maximum Gasteiger partial charge on any atom is 0.317 e. The number of carbonyl (C=O) groups excluding carboxylic acids is 1. The van der Waals surface area contributed by atoms with E-state index >= 15 is 0 Å². The zero-order valence-corrected chi connectivity index (χ0v) is 13.7. The van der Waals surface area contributed by atoms with Crippen LogP contribution in [-0.2, 0) is 11.2 Å². The lowest BCUT2D eigenvalue weighted by Crippen LogP contribution is -2.45. The molecule has 0 unspecified atom stereocenters. The first-order valence-electron chi connectivity index (χ1n) is 7.57. The first-order valence-corrected chi connectivity index (χ1v) is 7.94. The summed E-state index contributed by atoms with van der Waals surface area (Å²) in [6.45, 7) is 1.04. The molecule has 1 saturated heterocycles. The number of hydrogen-bond acceptors (Lipinski definition) is 4. The molecule has 0 aromatic heterocycles. The topological polar surface area (TPSA) is 113 Å². The molecule has 9 heteroatoms. The molecule has 0 atom stereocenters. The number of nitrogens with one attached hydrogen (secondary N) is 1. The quantitative estimate of drug-likeness (QED) is 0.621. The summed E-state index contributed by atoms with van der Waals surface area (Å²) in [5.74, 6) is -1.23. The summed E-state index contributed by atoms with van der Waals surface area (Å²) in [5.41, 5.74) is 0.424. The van der Waals surface area contributed by atoms with Crippen molar-refractivity contribution in [1.29, 1.82) is 0 Å². The Kier molecular flexibility index (Phi) is 5.97. The zero-order valence-electron chi connectivity index (χ0n) is 12.9. The van der Waals surface area contributed by atoms with Crippen LogP contribution in [0.5, 0.6) is 0 Å². The third-order valence-electron chi connectivity index (χ3n) is 4.05. The molecule has 130 valence electrons. The third-order valence-corrected chi connectivity index (χ3v) is 4.28. The van der Waals surface area contributed by atoms with Crippen molar-refractivity contribution in [3.63, 3.8) is 0 Å². The molecule has 1 aromatic rings. The molecule has 1 aliphatic heterocycles. The summed E-state index contributed by atoms with van der Waals surface area (Å²) in [6.07, 6.45) is 1.18. The standard InChI is InChI=1S/C15H18ClN3O5/c16-12-2-1-10(13(9-12)19(23)24)3-6-17-15(22)18-7-4-11(5-8-18)14(20)21/h1-2,9,11H,3-8H2,(H,17,22)(H,20,21). The predicted octanol–water partition coefficient (Wildman–Crippen LogP) is 2.30. The lowest BCUT2D eigenvalue weighted by molar-refractivity contribution is -0.385. The normalized spacial score (nSPS) is 15.1. The summed E-state index contributed by atoms with van der Waals surface area (Å²) in [5, 5.41) is 22.9. The number of carboxylic acids is 1. The predicted molar refractivity (Wildman–Crippen MR) is 87.1 cm³/mol. The SMILES string of the molecule is O=C(O)C1CCN(C(=O)NCCc2ccc(Cl)cc2[N+](=O)[O-])CC1. The molecule has 0 aliphatic carbocycles. The van der Waals surface area contributed by atoms with Gasteiger partial charge in [-0.15, -0.1) is 0 Å². The van der Waals surface area contributed by atoms with Crippen LogP contribution in [0.3, 0.4) is 0 Å². The van der Waals surface area contributed by atoms with Gasteiger partial charge in [0, 0.05) is 36.3 Å². The highest BCUT2D eigenvalue weighted by molar-refractivity contribution is 6.30. The zero-order chi connectivity index (χ0) is 17.7. The molecule has 2 amide bonds. The maximum absolute atomic E-state index is 12.1. The van der Waals surface area contributed by atoms with Gasteiger partial charge in [-0.05, 0) is 25.3 Å². The second-order valence-electron chi connectivity index (χ2n) is 5.61. The van der Waals surface area contributed by atoms with Gasteiger partial charge in [-0.1, -0.05) is 17.7 Å². The second-order valence-corrected chi connectivity index (χ2v) is 6.05. The number of benzene rings is 1. The highest BCUT2D eigenvalue weighted by atomic mass is 35.5. The van der Waals surface area contributed by atoms with Gasteiger partial charge in [0.15, 0.2) is 0 Å². The molecule has 0 saturated carbocycles. The van der Waals surface area contributed by atoms with Gasteiger partial charge in [0.05, 0.1) is 10.8 Å². The fraction of sp³-hybridized carbons (Fsp3) is 0.467. The van der Waals surface area contributed by atoms with E-state index < -0.39 is 16.8 Å². The molecular weight excluding hydrogens is 338 g/mol. The molecule has 0 radical (unpaired) electrons. The van der Waals surface area contributed by atoms with Crippen LogP contribution in [0.2, 0.25) is 5.02 Å². The Labute approximate surface area is 143 Å². The third kappa shape index (κ3) is 4.58. The van der Waals surface area contributed by atoms with Crippen molar-refractivity contribution in [2.24, 2.45) is 5.92 Å². The van der Waals surface area contributed by atoms with Crippen molar-refractivity contribution in [3.8, 4) is 0 Å². The van der Waals surface area contributed by atoms with E-state index in [4.69, 9.17) is 16.7 Å². The molecule has 2 rings (SSSR count). The van der Waals surface area contributed by atoms with Crippen LogP contribution in [-0.4, -0.2) is 46.6 Å². The van der Waals surface area contributed by atoms with E-state index in [1.54, 1.807) is 17.0 Å². The summed E-state index contributed by atoms with van der Waals surface area (Å²) >= 11 is 5.76. The van der Waals surface area contributed by atoms with Gasteiger partial charge >= 0.3 is 12.0 Å². The van der Waals surface area contributed by atoms with Crippen LogP contribution in [0.4, 0.5) is 10.5 Å². The van der Waals surface area contributed by atoms with Crippen LogP contribution in [0.25, 0.3) is 0 Å². The smallest absolute Gasteiger partial charge is 0.317 e. The van der Waals surface area contributed by atoms with E-state index in [1.807, 2.05) is 0 Å². The summed E-state index contributed by atoms with van der Waals surface area (Å²) in [7, 11) is 0. The number of nitro benzene ring substituents is 1. The molecule has 0 bridgehead atoms. The van der Waals surface area contributed by atoms with Crippen LogP contribution < -0.4 is 5.32 Å². The van der Waals surface area contributed by atoms with Crippen molar-refractivity contribution in [2.75, 3.05) is 19.6 Å². The van der Waals surface area contributed by atoms with Crippen molar-refractivity contribution in [1.82, 2.24) is 10.2 Å². The molecule has 8 nitrogen and oxygen atoms in total. The number of nitro groups is 1. The van der Waals surface area contributed by atoms with Crippen LogP contribution in [0.15, 0.2) is 18.2 Å². The Morgan fingerprint density at radius 1 is 1.38 bits per heavy atom. The maximum atomic E-state index is 12.1. The van der Waals surface area contributed by atoms with Gasteiger partial charge in [0.1, 0.15) is 0 Å². The number of carbonyl (C=O) groups is 2. The minimum Gasteiger partial charge on any atom is -0.481 e. The molecule has 1 heterocycles. The molecule has 0 spiro atoms. The van der Waals surface area contributed by atoms with E-state index in [0.717, 1.165) is 0 Å². The average Bonchev–Trinajstić information content (AvgIpc) is 2.56. The Bertz CT molecular complexity index is 644.